The fraction of sp³-hybridized carbons (Fsp3) is 0.333. The van der Waals surface area contributed by atoms with E-state index in [2.05, 4.69) is 15.7 Å². The van der Waals surface area contributed by atoms with Crippen molar-refractivity contribution >= 4 is 6.03 Å². The van der Waals surface area contributed by atoms with E-state index in [-0.39, 0.29) is 24.4 Å². The van der Waals surface area contributed by atoms with Gasteiger partial charge in [-0.1, -0.05) is 12.1 Å². The van der Waals surface area contributed by atoms with Crippen LogP contribution in [-0.4, -0.2) is 33.5 Å². The molecular weight excluding hydrogens is 287 g/mol. The van der Waals surface area contributed by atoms with E-state index in [0.29, 0.717) is 12.1 Å². The number of nitrogens with one attached hydrogen (secondary N) is 2. The molecule has 0 aliphatic rings. The van der Waals surface area contributed by atoms with Crippen LogP contribution in [0.25, 0.3) is 0 Å². The van der Waals surface area contributed by atoms with E-state index in [0.717, 1.165) is 0 Å². The first-order valence-corrected chi connectivity index (χ1v) is 7.00. The molecule has 2 amide bonds. The molecule has 0 fully saturated rings. The summed E-state index contributed by atoms with van der Waals surface area (Å²) in [5.41, 5.74) is 0.547. The van der Waals surface area contributed by atoms with Crippen LogP contribution in [0.4, 0.5) is 9.18 Å². The second-order valence-electron chi connectivity index (χ2n) is 5.05. The van der Waals surface area contributed by atoms with E-state index in [4.69, 9.17) is 0 Å². The fourth-order valence-electron chi connectivity index (χ4n) is 2.00. The van der Waals surface area contributed by atoms with Gasteiger partial charge in [-0.3, -0.25) is 4.68 Å². The molecule has 1 aromatic carbocycles. The third-order valence-electron chi connectivity index (χ3n) is 3.11. The molecule has 6 nitrogen and oxygen atoms in total. The summed E-state index contributed by atoms with van der Waals surface area (Å²) in [5, 5.41) is 19.3. The number of halogens is 1. The smallest absolute Gasteiger partial charge is 0.315 e. The van der Waals surface area contributed by atoms with Crippen molar-refractivity contribution in [2.45, 2.75) is 25.6 Å². The van der Waals surface area contributed by atoms with Gasteiger partial charge in [0.25, 0.3) is 0 Å². The Morgan fingerprint density at radius 2 is 2.14 bits per heavy atom. The zero-order valence-corrected chi connectivity index (χ0v) is 12.2. The normalized spacial score (nSPS) is 13.4. The molecule has 0 spiro atoms. The first-order chi connectivity index (χ1) is 10.5. The van der Waals surface area contributed by atoms with Crippen LogP contribution in [0.3, 0.4) is 0 Å². The van der Waals surface area contributed by atoms with Crippen LogP contribution in [0, 0.1) is 5.82 Å². The highest BCUT2D eigenvalue weighted by Gasteiger charge is 2.11. The largest absolute Gasteiger partial charge is 0.387 e. The third kappa shape index (κ3) is 4.85. The van der Waals surface area contributed by atoms with Crippen molar-refractivity contribution in [1.29, 1.82) is 0 Å². The molecule has 0 radical (unpaired) electrons. The molecule has 0 saturated heterocycles. The maximum atomic E-state index is 12.8. The zero-order chi connectivity index (χ0) is 15.9. The van der Waals surface area contributed by atoms with Crippen LogP contribution in [0.2, 0.25) is 0 Å². The Hall–Kier alpha value is -2.41. The molecule has 0 aliphatic carbocycles. The van der Waals surface area contributed by atoms with Gasteiger partial charge in [0.1, 0.15) is 5.82 Å². The Kier molecular flexibility index (Phi) is 5.48. The summed E-state index contributed by atoms with van der Waals surface area (Å²) >= 11 is 0. The lowest BCUT2D eigenvalue weighted by Crippen LogP contribution is -2.43. The van der Waals surface area contributed by atoms with E-state index in [1.807, 2.05) is 19.2 Å². The van der Waals surface area contributed by atoms with Gasteiger partial charge in [-0.15, -0.1) is 0 Å². The van der Waals surface area contributed by atoms with Crippen LogP contribution >= 0.6 is 0 Å². The maximum Gasteiger partial charge on any atom is 0.315 e. The SMILES string of the molecule is C[C@@H](Cn1cccn1)NC(=O)NC[C@H](O)c1ccc(F)cc1. The summed E-state index contributed by atoms with van der Waals surface area (Å²) in [6.45, 7) is 2.46. The molecule has 2 atom stereocenters. The number of carbonyl (C=O) groups excluding carboxylic acids is 1. The lowest BCUT2D eigenvalue weighted by molar-refractivity contribution is 0.172. The van der Waals surface area contributed by atoms with Gasteiger partial charge in [0.15, 0.2) is 0 Å². The van der Waals surface area contributed by atoms with Crippen LogP contribution in [-0.2, 0) is 6.54 Å². The molecule has 1 heterocycles. The predicted molar refractivity (Wildman–Crippen MR) is 79.6 cm³/mol. The molecular formula is C15H19FN4O2. The molecule has 0 aliphatic heterocycles. The highest BCUT2D eigenvalue weighted by molar-refractivity contribution is 5.74. The zero-order valence-electron chi connectivity index (χ0n) is 12.2. The minimum absolute atomic E-state index is 0.0476. The van der Waals surface area contributed by atoms with Gasteiger partial charge in [0.05, 0.1) is 12.6 Å². The summed E-state index contributed by atoms with van der Waals surface area (Å²) in [5.74, 6) is -0.367. The van der Waals surface area contributed by atoms with Crippen LogP contribution in [0.15, 0.2) is 42.7 Å². The van der Waals surface area contributed by atoms with Crippen molar-refractivity contribution in [3.8, 4) is 0 Å². The van der Waals surface area contributed by atoms with Gasteiger partial charge in [0, 0.05) is 25.0 Å². The number of aliphatic hydroxyl groups is 1. The number of hydrogen-bond donors (Lipinski definition) is 3. The van der Waals surface area contributed by atoms with Crippen molar-refractivity contribution in [3.05, 3.63) is 54.1 Å². The predicted octanol–water partition coefficient (Wildman–Crippen LogP) is 1.44. The monoisotopic (exact) mass is 306 g/mol. The van der Waals surface area contributed by atoms with E-state index >= 15 is 0 Å². The van der Waals surface area contributed by atoms with Crippen molar-refractivity contribution in [2.75, 3.05) is 6.54 Å². The van der Waals surface area contributed by atoms with E-state index in [1.165, 1.54) is 24.3 Å². The van der Waals surface area contributed by atoms with E-state index < -0.39 is 6.10 Å². The first-order valence-electron chi connectivity index (χ1n) is 7.00. The molecule has 0 unspecified atom stereocenters. The summed E-state index contributed by atoms with van der Waals surface area (Å²) in [6.07, 6.45) is 2.60. The maximum absolute atomic E-state index is 12.8. The van der Waals surface area contributed by atoms with Crippen LogP contribution in [0.1, 0.15) is 18.6 Å². The van der Waals surface area contributed by atoms with Crippen molar-refractivity contribution < 1.29 is 14.3 Å². The van der Waals surface area contributed by atoms with Crippen molar-refractivity contribution in [3.63, 3.8) is 0 Å². The molecule has 7 heteroatoms. The summed E-state index contributed by atoms with van der Waals surface area (Å²) in [6, 6.07) is 6.84. The molecule has 3 N–H and O–H groups in total. The van der Waals surface area contributed by atoms with Crippen LogP contribution in [0.5, 0.6) is 0 Å². The Labute approximate surface area is 128 Å². The highest BCUT2D eigenvalue weighted by atomic mass is 19.1. The number of urea groups is 1. The quantitative estimate of drug-likeness (QED) is 0.755. The summed E-state index contributed by atoms with van der Waals surface area (Å²) < 4.78 is 14.5. The summed E-state index contributed by atoms with van der Waals surface area (Å²) in [4.78, 5) is 11.7. The molecule has 118 valence electrons. The third-order valence-corrected chi connectivity index (χ3v) is 3.11. The number of carbonyl (C=O) groups is 1. The molecule has 2 aromatic rings. The van der Waals surface area contributed by atoms with E-state index in [1.54, 1.807) is 10.9 Å². The average molecular weight is 306 g/mol. The Morgan fingerprint density at radius 3 is 2.77 bits per heavy atom. The van der Waals surface area contributed by atoms with Crippen molar-refractivity contribution in [1.82, 2.24) is 20.4 Å². The van der Waals surface area contributed by atoms with Gasteiger partial charge in [-0.25, -0.2) is 9.18 Å². The Bertz CT molecular complexity index is 586. The number of nitrogens with zero attached hydrogens (tertiary/aromatic N) is 2. The number of hydrogen-bond acceptors (Lipinski definition) is 3. The van der Waals surface area contributed by atoms with Gasteiger partial charge < -0.3 is 15.7 Å². The Balaban J connectivity index is 1.73. The van der Waals surface area contributed by atoms with Gasteiger partial charge >= 0.3 is 6.03 Å². The van der Waals surface area contributed by atoms with Gasteiger partial charge in [-0.2, -0.15) is 5.10 Å². The highest BCUT2D eigenvalue weighted by Crippen LogP contribution is 2.12. The second-order valence-corrected chi connectivity index (χ2v) is 5.05. The number of aliphatic hydroxyl groups excluding tert-OH is 1. The lowest BCUT2D eigenvalue weighted by atomic mass is 10.1. The number of aromatic nitrogens is 2. The van der Waals surface area contributed by atoms with Gasteiger partial charge in [0.2, 0.25) is 0 Å². The van der Waals surface area contributed by atoms with Gasteiger partial charge in [-0.05, 0) is 30.7 Å². The lowest BCUT2D eigenvalue weighted by Gasteiger charge is -2.16. The number of rotatable bonds is 6. The molecule has 0 saturated carbocycles. The molecule has 1 aromatic heterocycles. The number of benzene rings is 1. The van der Waals surface area contributed by atoms with E-state index in [9.17, 15) is 14.3 Å². The Morgan fingerprint density at radius 1 is 1.41 bits per heavy atom. The average Bonchev–Trinajstić information content (AvgIpc) is 2.98. The minimum atomic E-state index is -0.882. The topological polar surface area (TPSA) is 79.2 Å². The minimum Gasteiger partial charge on any atom is -0.387 e. The molecule has 0 bridgehead atoms. The first kappa shape index (κ1) is 16.0. The fourth-order valence-corrected chi connectivity index (χ4v) is 2.00. The second kappa shape index (κ2) is 7.56. The summed E-state index contributed by atoms with van der Waals surface area (Å²) in [7, 11) is 0. The molecule has 2 rings (SSSR count). The molecule has 22 heavy (non-hydrogen) atoms. The van der Waals surface area contributed by atoms with Crippen LogP contribution < -0.4 is 10.6 Å². The standard InChI is InChI=1S/C15H19FN4O2/c1-11(10-20-8-2-7-18-20)19-15(22)17-9-14(21)12-3-5-13(16)6-4-12/h2-8,11,14,21H,9-10H2,1H3,(H2,17,19,22)/t11-,14-/m0/s1. The van der Waals surface area contributed by atoms with Crippen molar-refractivity contribution in [2.24, 2.45) is 0 Å². The number of amides is 2.